The van der Waals surface area contributed by atoms with E-state index in [1.807, 2.05) is 13.8 Å². The van der Waals surface area contributed by atoms with Gasteiger partial charge in [0.15, 0.2) is 6.61 Å². The highest BCUT2D eigenvalue weighted by Gasteiger charge is 2.13. The summed E-state index contributed by atoms with van der Waals surface area (Å²) in [6.07, 6.45) is 0. The van der Waals surface area contributed by atoms with E-state index in [-0.39, 0.29) is 24.5 Å². The molecular weight excluding hydrogens is 273 g/mol. The lowest BCUT2D eigenvalue weighted by molar-refractivity contribution is -0.123. The molecule has 2 atom stereocenters. The van der Waals surface area contributed by atoms with Crippen molar-refractivity contribution in [3.63, 3.8) is 0 Å². The minimum atomic E-state index is -0.158. The second kappa shape index (κ2) is 7.49. The van der Waals surface area contributed by atoms with Crippen molar-refractivity contribution in [3.8, 4) is 5.75 Å². The molecule has 0 saturated heterocycles. The van der Waals surface area contributed by atoms with Gasteiger partial charge in [-0.2, -0.15) is 0 Å². The molecule has 0 bridgehead atoms. The monoisotopic (exact) mass is 289 g/mol. The summed E-state index contributed by atoms with van der Waals surface area (Å²) >= 11 is 11.5. The first-order chi connectivity index (χ1) is 8.52. The Kier molecular flexibility index (Phi) is 6.30. The second-order valence-corrected chi connectivity index (χ2v) is 4.98. The Morgan fingerprint density at radius 2 is 1.94 bits per heavy atom. The molecule has 1 aromatic rings. The third-order valence-corrected chi connectivity index (χ3v) is 3.41. The zero-order valence-electron chi connectivity index (χ0n) is 10.5. The summed E-state index contributed by atoms with van der Waals surface area (Å²) in [5.74, 6) is 1.20. The van der Waals surface area contributed by atoms with Crippen molar-refractivity contribution in [2.24, 2.45) is 5.92 Å². The van der Waals surface area contributed by atoms with Gasteiger partial charge in [0.25, 0.3) is 5.91 Å². The second-order valence-electron chi connectivity index (χ2n) is 4.23. The number of ether oxygens (including phenoxy) is 1. The fourth-order valence-electron chi connectivity index (χ4n) is 1.25. The molecule has 5 heteroatoms. The zero-order valence-corrected chi connectivity index (χ0v) is 12.0. The molecule has 0 fully saturated rings. The van der Waals surface area contributed by atoms with E-state index >= 15 is 0 Å². The molecule has 100 valence electrons. The smallest absolute Gasteiger partial charge is 0.258 e. The largest absolute Gasteiger partial charge is 0.484 e. The number of amides is 1. The fourth-order valence-corrected chi connectivity index (χ4v) is 1.64. The molecule has 1 aromatic carbocycles. The first-order valence-corrected chi connectivity index (χ1v) is 6.68. The molecule has 0 radical (unpaired) electrons. The summed E-state index contributed by atoms with van der Waals surface area (Å²) in [6.45, 7) is 3.90. The number of hydrogen-bond donors (Lipinski definition) is 1. The van der Waals surface area contributed by atoms with Gasteiger partial charge in [0, 0.05) is 16.9 Å². The normalized spacial score (nSPS) is 13.8. The maximum absolute atomic E-state index is 11.6. The molecule has 2 unspecified atom stereocenters. The lowest BCUT2D eigenvalue weighted by Gasteiger charge is -2.19. The molecule has 1 rings (SSSR count). The van der Waals surface area contributed by atoms with Crippen LogP contribution in [-0.2, 0) is 4.79 Å². The molecule has 0 aromatic heterocycles. The number of alkyl halides is 1. The van der Waals surface area contributed by atoms with Crippen LogP contribution in [0.2, 0.25) is 5.02 Å². The lowest BCUT2D eigenvalue weighted by atomic mass is 10.1. The highest BCUT2D eigenvalue weighted by atomic mass is 35.5. The Labute approximate surface area is 117 Å². The van der Waals surface area contributed by atoms with Crippen molar-refractivity contribution in [2.75, 3.05) is 12.5 Å². The van der Waals surface area contributed by atoms with Crippen molar-refractivity contribution < 1.29 is 9.53 Å². The SMILES string of the molecule is CC(CCl)C(C)NC(=O)COc1ccc(Cl)cc1. The van der Waals surface area contributed by atoms with Crippen molar-refractivity contribution in [2.45, 2.75) is 19.9 Å². The molecule has 3 nitrogen and oxygen atoms in total. The molecule has 0 spiro atoms. The number of benzene rings is 1. The molecule has 0 saturated carbocycles. The van der Waals surface area contributed by atoms with E-state index in [1.165, 1.54) is 0 Å². The lowest BCUT2D eigenvalue weighted by Crippen LogP contribution is -2.40. The molecule has 0 aliphatic carbocycles. The van der Waals surface area contributed by atoms with Crippen LogP contribution < -0.4 is 10.1 Å². The van der Waals surface area contributed by atoms with Crippen LogP contribution in [0.4, 0.5) is 0 Å². The Morgan fingerprint density at radius 1 is 1.33 bits per heavy atom. The van der Waals surface area contributed by atoms with Gasteiger partial charge in [-0.05, 0) is 37.1 Å². The van der Waals surface area contributed by atoms with Gasteiger partial charge in [-0.15, -0.1) is 11.6 Å². The van der Waals surface area contributed by atoms with E-state index in [2.05, 4.69) is 5.32 Å². The summed E-state index contributed by atoms with van der Waals surface area (Å²) in [7, 11) is 0. The van der Waals surface area contributed by atoms with Crippen LogP contribution in [0, 0.1) is 5.92 Å². The number of nitrogens with one attached hydrogen (secondary N) is 1. The minimum Gasteiger partial charge on any atom is -0.484 e. The minimum absolute atomic E-state index is 0.0129. The van der Waals surface area contributed by atoms with Gasteiger partial charge >= 0.3 is 0 Å². The van der Waals surface area contributed by atoms with Crippen LogP contribution >= 0.6 is 23.2 Å². The number of rotatable bonds is 6. The van der Waals surface area contributed by atoms with Crippen molar-refractivity contribution in [3.05, 3.63) is 29.3 Å². The predicted octanol–water partition coefficient (Wildman–Crippen LogP) is 3.10. The number of halogens is 2. The number of hydrogen-bond acceptors (Lipinski definition) is 2. The van der Waals surface area contributed by atoms with E-state index in [1.54, 1.807) is 24.3 Å². The van der Waals surface area contributed by atoms with Gasteiger partial charge in [0.05, 0.1) is 0 Å². The molecule has 0 aliphatic heterocycles. The average molecular weight is 290 g/mol. The van der Waals surface area contributed by atoms with Crippen LogP contribution in [0.15, 0.2) is 24.3 Å². The van der Waals surface area contributed by atoms with E-state index in [9.17, 15) is 4.79 Å². The van der Waals surface area contributed by atoms with Crippen molar-refractivity contribution in [1.82, 2.24) is 5.32 Å². The third-order valence-electron chi connectivity index (χ3n) is 2.67. The third kappa shape index (κ3) is 5.15. The van der Waals surface area contributed by atoms with Gasteiger partial charge in [-0.1, -0.05) is 18.5 Å². The van der Waals surface area contributed by atoms with E-state index in [0.717, 1.165) is 0 Å². The Bertz CT molecular complexity index is 381. The highest BCUT2D eigenvalue weighted by Crippen LogP contribution is 2.15. The average Bonchev–Trinajstić information content (AvgIpc) is 2.37. The zero-order chi connectivity index (χ0) is 13.5. The summed E-state index contributed by atoms with van der Waals surface area (Å²) in [5, 5.41) is 3.47. The summed E-state index contributed by atoms with van der Waals surface area (Å²) in [4.78, 5) is 11.6. The summed E-state index contributed by atoms with van der Waals surface area (Å²) < 4.78 is 5.33. The maximum Gasteiger partial charge on any atom is 0.258 e. The van der Waals surface area contributed by atoms with E-state index < -0.39 is 0 Å². The fraction of sp³-hybridized carbons (Fsp3) is 0.462. The van der Waals surface area contributed by atoms with Gasteiger partial charge in [-0.25, -0.2) is 0 Å². The molecular formula is C13H17Cl2NO2. The van der Waals surface area contributed by atoms with Gasteiger partial charge < -0.3 is 10.1 Å². The quantitative estimate of drug-likeness (QED) is 0.818. The molecule has 1 amide bonds. The van der Waals surface area contributed by atoms with Crippen LogP contribution in [0.25, 0.3) is 0 Å². The van der Waals surface area contributed by atoms with Crippen LogP contribution in [0.3, 0.4) is 0 Å². The first-order valence-electron chi connectivity index (χ1n) is 5.76. The van der Waals surface area contributed by atoms with Gasteiger partial charge in [-0.3, -0.25) is 4.79 Å². The van der Waals surface area contributed by atoms with E-state index in [4.69, 9.17) is 27.9 Å². The molecule has 1 N–H and O–H groups in total. The maximum atomic E-state index is 11.6. The summed E-state index contributed by atoms with van der Waals surface area (Å²) in [5.41, 5.74) is 0. The van der Waals surface area contributed by atoms with Gasteiger partial charge in [0.2, 0.25) is 0 Å². The van der Waals surface area contributed by atoms with Crippen LogP contribution in [-0.4, -0.2) is 24.4 Å². The first kappa shape index (κ1) is 15.1. The molecule has 0 heterocycles. The van der Waals surface area contributed by atoms with Gasteiger partial charge in [0.1, 0.15) is 5.75 Å². The highest BCUT2D eigenvalue weighted by molar-refractivity contribution is 6.30. The topological polar surface area (TPSA) is 38.3 Å². The standard InChI is InChI=1S/C13H17Cl2NO2/c1-9(7-14)10(2)16-13(17)8-18-12-5-3-11(15)4-6-12/h3-6,9-10H,7-8H2,1-2H3,(H,16,17). The molecule has 18 heavy (non-hydrogen) atoms. The van der Waals surface area contributed by atoms with E-state index in [0.29, 0.717) is 16.7 Å². The Balaban J connectivity index is 2.35. The Hall–Kier alpha value is -0.930. The Morgan fingerprint density at radius 3 is 2.50 bits per heavy atom. The molecule has 0 aliphatic rings. The van der Waals surface area contributed by atoms with Crippen LogP contribution in [0.5, 0.6) is 5.75 Å². The number of carbonyl (C=O) groups excluding carboxylic acids is 1. The summed E-state index contributed by atoms with van der Waals surface area (Å²) in [6, 6.07) is 6.91. The number of carbonyl (C=O) groups is 1. The predicted molar refractivity (Wildman–Crippen MR) is 74.4 cm³/mol. The van der Waals surface area contributed by atoms with Crippen LogP contribution in [0.1, 0.15) is 13.8 Å². The van der Waals surface area contributed by atoms with Crippen molar-refractivity contribution >= 4 is 29.1 Å². The van der Waals surface area contributed by atoms with Crippen molar-refractivity contribution in [1.29, 1.82) is 0 Å².